The van der Waals surface area contributed by atoms with E-state index in [1.165, 1.54) is 4.88 Å². The van der Waals surface area contributed by atoms with Crippen LogP contribution in [0.5, 0.6) is 0 Å². The number of carbonyl (C=O) groups excluding carboxylic acids is 1. The molecule has 6 heteroatoms. The van der Waals surface area contributed by atoms with E-state index in [0.717, 1.165) is 61.2 Å². The summed E-state index contributed by atoms with van der Waals surface area (Å²) in [6.07, 6.45) is 2.85. The van der Waals surface area contributed by atoms with E-state index >= 15 is 0 Å². The van der Waals surface area contributed by atoms with E-state index in [0.29, 0.717) is 0 Å². The molecule has 0 unspecified atom stereocenters. The summed E-state index contributed by atoms with van der Waals surface area (Å²) in [5.41, 5.74) is 2.63. The molecular formula is C22H23N3O2S. The van der Waals surface area contributed by atoms with Crippen molar-refractivity contribution in [2.45, 2.75) is 13.0 Å². The number of amides is 1. The lowest BCUT2D eigenvalue weighted by molar-refractivity contribution is 0.0763. The number of para-hydroxylation sites is 1. The van der Waals surface area contributed by atoms with Crippen molar-refractivity contribution in [2.24, 2.45) is 0 Å². The van der Waals surface area contributed by atoms with E-state index in [2.05, 4.69) is 27.8 Å². The average molecular weight is 394 g/mol. The fourth-order valence-corrected chi connectivity index (χ4v) is 4.51. The second-order valence-electron chi connectivity index (χ2n) is 6.93. The lowest BCUT2D eigenvalue weighted by Crippen LogP contribution is -2.35. The van der Waals surface area contributed by atoms with Crippen LogP contribution in [0, 0.1) is 11.8 Å². The molecule has 2 aromatic heterocycles. The fraction of sp³-hybridized carbons (Fsp3) is 0.318. The van der Waals surface area contributed by atoms with Gasteiger partial charge in [-0.3, -0.25) is 9.69 Å². The largest absolute Gasteiger partial charge is 0.384 e. The maximum Gasteiger partial charge on any atom is 0.256 e. The number of aromatic nitrogens is 1. The van der Waals surface area contributed by atoms with Gasteiger partial charge in [-0.2, -0.15) is 0 Å². The SMILES string of the molecule is O=C(c1cccc2cc[nH]c12)N1CCCN(Cc2cc(C#CCO)cs2)CC1. The number of carbonyl (C=O) groups is 1. The van der Waals surface area contributed by atoms with Gasteiger partial charge in [0.2, 0.25) is 0 Å². The molecular weight excluding hydrogens is 370 g/mol. The topological polar surface area (TPSA) is 59.6 Å². The van der Waals surface area contributed by atoms with Crippen molar-refractivity contribution in [2.75, 3.05) is 32.8 Å². The highest BCUT2D eigenvalue weighted by Crippen LogP contribution is 2.21. The molecule has 2 N–H and O–H groups in total. The van der Waals surface area contributed by atoms with Gasteiger partial charge in [-0.25, -0.2) is 0 Å². The Labute approximate surface area is 168 Å². The molecule has 144 valence electrons. The second kappa shape index (κ2) is 8.61. The second-order valence-corrected chi connectivity index (χ2v) is 7.93. The predicted octanol–water partition coefficient (Wildman–Crippen LogP) is 2.92. The molecule has 0 atom stereocenters. The van der Waals surface area contributed by atoms with Crippen molar-refractivity contribution >= 4 is 28.1 Å². The third-order valence-electron chi connectivity index (χ3n) is 5.04. The van der Waals surface area contributed by atoms with Gasteiger partial charge in [0.25, 0.3) is 5.91 Å². The van der Waals surface area contributed by atoms with Crippen LogP contribution in [0.15, 0.2) is 41.9 Å². The number of nitrogens with one attached hydrogen (secondary N) is 1. The molecule has 1 fully saturated rings. The van der Waals surface area contributed by atoms with Crippen LogP contribution in [0.3, 0.4) is 0 Å². The molecule has 3 heterocycles. The van der Waals surface area contributed by atoms with Crippen LogP contribution >= 0.6 is 11.3 Å². The van der Waals surface area contributed by atoms with E-state index in [1.807, 2.05) is 40.7 Å². The first-order valence-electron chi connectivity index (χ1n) is 9.49. The van der Waals surface area contributed by atoms with Gasteiger partial charge >= 0.3 is 0 Å². The van der Waals surface area contributed by atoms with Crippen molar-refractivity contribution in [1.82, 2.24) is 14.8 Å². The van der Waals surface area contributed by atoms with Crippen molar-refractivity contribution in [1.29, 1.82) is 0 Å². The first-order chi connectivity index (χ1) is 13.7. The molecule has 5 nitrogen and oxygen atoms in total. The minimum absolute atomic E-state index is 0.104. The van der Waals surface area contributed by atoms with Crippen LogP contribution in [0.1, 0.15) is 27.2 Å². The highest BCUT2D eigenvalue weighted by atomic mass is 32.1. The Kier molecular flexibility index (Phi) is 5.77. The van der Waals surface area contributed by atoms with Crippen LogP contribution in [-0.4, -0.2) is 58.6 Å². The maximum absolute atomic E-state index is 13.1. The number of hydrogen-bond donors (Lipinski definition) is 2. The number of aromatic amines is 1. The summed E-state index contributed by atoms with van der Waals surface area (Å²) in [7, 11) is 0. The smallest absolute Gasteiger partial charge is 0.256 e. The van der Waals surface area contributed by atoms with Crippen LogP contribution in [0.4, 0.5) is 0 Å². The summed E-state index contributed by atoms with van der Waals surface area (Å²) in [6.45, 7) is 4.12. The molecule has 1 saturated heterocycles. The lowest BCUT2D eigenvalue weighted by Gasteiger charge is -2.22. The van der Waals surface area contributed by atoms with E-state index in [9.17, 15) is 4.79 Å². The van der Waals surface area contributed by atoms with Gasteiger partial charge in [0, 0.05) is 60.1 Å². The quantitative estimate of drug-likeness (QED) is 0.673. The van der Waals surface area contributed by atoms with Crippen LogP contribution < -0.4 is 0 Å². The van der Waals surface area contributed by atoms with E-state index in [4.69, 9.17) is 5.11 Å². The zero-order chi connectivity index (χ0) is 19.3. The summed E-state index contributed by atoms with van der Waals surface area (Å²) in [5.74, 6) is 5.75. The first-order valence-corrected chi connectivity index (χ1v) is 10.4. The number of aliphatic hydroxyl groups is 1. The number of thiophene rings is 1. The van der Waals surface area contributed by atoms with Gasteiger partial charge in [0.15, 0.2) is 0 Å². The molecule has 0 bridgehead atoms. The third-order valence-corrected chi connectivity index (χ3v) is 5.96. The van der Waals surface area contributed by atoms with Gasteiger partial charge in [-0.05, 0) is 24.6 Å². The number of hydrogen-bond acceptors (Lipinski definition) is 4. The number of H-pyrrole nitrogens is 1. The summed E-state index contributed by atoms with van der Waals surface area (Å²) in [5, 5.41) is 11.9. The van der Waals surface area contributed by atoms with Crippen molar-refractivity contribution in [3.8, 4) is 11.8 Å². The number of aliphatic hydroxyl groups excluding tert-OH is 1. The van der Waals surface area contributed by atoms with Gasteiger partial charge in [0.05, 0.1) is 11.1 Å². The Morgan fingerprint density at radius 2 is 2.14 bits per heavy atom. The lowest BCUT2D eigenvalue weighted by atomic mass is 10.1. The molecule has 0 radical (unpaired) electrons. The molecule has 1 aliphatic rings. The highest BCUT2D eigenvalue weighted by molar-refractivity contribution is 7.10. The number of rotatable bonds is 3. The monoisotopic (exact) mass is 393 g/mol. The number of benzene rings is 1. The van der Waals surface area contributed by atoms with Crippen molar-refractivity contribution in [3.05, 3.63) is 57.9 Å². The zero-order valence-electron chi connectivity index (χ0n) is 15.6. The minimum Gasteiger partial charge on any atom is -0.384 e. The first kappa shape index (κ1) is 18.8. The maximum atomic E-state index is 13.1. The van der Waals surface area contributed by atoms with Crippen LogP contribution in [0.25, 0.3) is 10.9 Å². The molecule has 0 saturated carbocycles. The average Bonchev–Trinajstić information content (AvgIpc) is 3.31. The molecule has 1 aromatic carbocycles. The molecule has 4 rings (SSSR count). The van der Waals surface area contributed by atoms with E-state index in [1.54, 1.807) is 11.3 Å². The highest BCUT2D eigenvalue weighted by Gasteiger charge is 2.22. The Morgan fingerprint density at radius 3 is 3.04 bits per heavy atom. The van der Waals surface area contributed by atoms with Crippen molar-refractivity contribution < 1.29 is 9.90 Å². The van der Waals surface area contributed by atoms with E-state index < -0.39 is 0 Å². The summed E-state index contributed by atoms with van der Waals surface area (Å²) >= 11 is 1.70. The van der Waals surface area contributed by atoms with Crippen LogP contribution in [0.2, 0.25) is 0 Å². The standard InChI is InChI=1S/C22H23N3O2S/c26-13-2-4-17-14-19(28-16-17)15-24-9-3-10-25(12-11-24)22(27)20-6-1-5-18-7-8-23-21(18)20/h1,5-8,14,16,23,26H,3,9-13,15H2. The Balaban J connectivity index is 1.40. The Bertz CT molecular complexity index is 1030. The molecule has 3 aromatic rings. The molecule has 0 spiro atoms. The molecule has 1 amide bonds. The predicted molar refractivity (Wildman–Crippen MR) is 112 cm³/mol. The summed E-state index contributed by atoms with van der Waals surface area (Å²) < 4.78 is 0. The molecule has 1 aliphatic heterocycles. The molecule has 28 heavy (non-hydrogen) atoms. The van der Waals surface area contributed by atoms with Gasteiger partial charge < -0.3 is 15.0 Å². The molecule has 0 aliphatic carbocycles. The Hall–Kier alpha value is -2.59. The van der Waals surface area contributed by atoms with E-state index in [-0.39, 0.29) is 12.5 Å². The van der Waals surface area contributed by atoms with Crippen LogP contribution in [-0.2, 0) is 6.54 Å². The van der Waals surface area contributed by atoms with Gasteiger partial charge in [0.1, 0.15) is 6.61 Å². The zero-order valence-corrected chi connectivity index (χ0v) is 16.5. The minimum atomic E-state index is -0.114. The Morgan fingerprint density at radius 1 is 1.21 bits per heavy atom. The normalized spacial score (nSPS) is 15.2. The number of fused-ring (bicyclic) bond motifs is 1. The summed E-state index contributed by atoms with van der Waals surface area (Å²) in [4.78, 5) is 21.9. The third kappa shape index (κ3) is 4.12. The summed E-state index contributed by atoms with van der Waals surface area (Å²) in [6, 6.07) is 9.96. The van der Waals surface area contributed by atoms with Gasteiger partial charge in [-0.15, -0.1) is 11.3 Å². The fourth-order valence-electron chi connectivity index (χ4n) is 3.66. The number of nitrogens with zero attached hydrogens (tertiary/aromatic N) is 2. The van der Waals surface area contributed by atoms with Gasteiger partial charge in [-0.1, -0.05) is 24.0 Å². The van der Waals surface area contributed by atoms with Crippen molar-refractivity contribution in [3.63, 3.8) is 0 Å².